The highest BCUT2D eigenvalue weighted by Crippen LogP contribution is 2.26. The second kappa shape index (κ2) is 3.83. The van der Waals surface area contributed by atoms with E-state index in [0.717, 1.165) is 6.54 Å². The highest BCUT2D eigenvalue weighted by Gasteiger charge is 2.16. The van der Waals surface area contributed by atoms with Crippen molar-refractivity contribution in [2.75, 3.05) is 18.5 Å². The van der Waals surface area contributed by atoms with E-state index in [-0.39, 0.29) is 5.54 Å². The normalized spacial score (nSPS) is 12.0. The predicted octanol–water partition coefficient (Wildman–Crippen LogP) is 2.34. The maximum atomic E-state index is 6.03. The zero-order chi connectivity index (χ0) is 11.8. The van der Waals surface area contributed by atoms with Crippen molar-refractivity contribution in [3.05, 3.63) is 30.5 Å². The van der Waals surface area contributed by atoms with E-state index in [9.17, 15) is 0 Å². The average Bonchev–Trinajstić information content (AvgIpc) is 2.58. The average molecular weight is 217 g/mol. The van der Waals surface area contributed by atoms with Crippen LogP contribution in [0, 0.1) is 0 Å². The molecular formula is C13H19N3. The highest BCUT2D eigenvalue weighted by atomic mass is 15.1. The minimum atomic E-state index is -0.187. The molecule has 2 aromatic rings. The van der Waals surface area contributed by atoms with Gasteiger partial charge in [-0.3, -0.25) is 0 Å². The van der Waals surface area contributed by atoms with Crippen LogP contribution in [-0.2, 0) is 0 Å². The van der Waals surface area contributed by atoms with Crippen LogP contribution in [0.2, 0.25) is 0 Å². The molecule has 3 N–H and O–H groups in total. The van der Waals surface area contributed by atoms with Gasteiger partial charge in [0, 0.05) is 36.2 Å². The molecule has 0 radical (unpaired) electrons. The van der Waals surface area contributed by atoms with E-state index in [1.54, 1.807) is 0 Å². The zero-order valence-electron chi connectivity index (χ0n) is 10.1. The number of nitrogens with zero attached hydrogens (tertiary/aromatic N) is 1. The zero-order valence-corrected chi connectivity index (χ0v) is 10.1. The molecular weight excluding hydrogens is 198 g/mol. The van der Waals surface area contributed by atoms with Gasteiger partial charge in [0.15, 0.2) is 0 Å². The number of benzene rings is 1. The standard InChI is InChI=1S/C13H19N3/c1-13(2,14)9-16(3)12-8-15-11-7-5-4-6-10(11)12/h4-8,15H,9,14H2,1-3H3. The number of likely N-dealkylation sites (N-methyl/N-ethyl adjacent to an activating group) is 1. The van der Waals surface area contributed by atoms with Gasteiger partial charge in [0.1, 0.15) is 0 Å². The third-order valence-corrected chi connectivity index (χ3v) is 2.62. The monoisotopic (exact) mass is 217 g/mol. The maximum Gasteiger partial charge on any atom is 0.0621 e. The molecule has 0 fully saturated rings. The number of H-pyrrole nitrogens is 1. The molecule has 0 unspecified atom stereocenters. The summed E-state index contributed by atoms with van der Waals surface area (Å²) in [5.41, 5.74) is 8.22. The number of fused-ring (bicyclic) bond motifs is 1. The fourth-order valence-corrected chi connectivity index (χ4v) is 2.07. The van der Waals surface area contributed by atoms with Gasteiger partial charge in [0.25, 0.3) is 0 Å². The van der Waals surface area contributed by atoms with E-state index in [0.29, 0.717) is 0 Å². The first kappa shape index (κ1) is 11.0. The summed E-state index contributed by atoms with van der Waals surface area (Å²) in [6.45, 7) is 4.91. The quantitative estimate of drug-likeness (QED) is 0.829. The Hall–Kier alpha value is -1.48. The summed E-state index contributed by atoms with van der Waals surface area (Å²) in [5, 5.41) is 1.24. The maximum absolute atomic E-state index is 6.03. The van der Waals surface area contributed by atoms with Crippen molar-refractivity contribution in [2.45, 2.75) is 19.4 Å². The van der Waals surface area contributed by atoms with E-state index in [1.165, 1.54) is 16.6 Å². The molecule has 0 spiro atoms. The fourth-order valence-electron chi connectivity index (χ4n) is 2.07. The number of para-hydroxylation sites is 1. The molecule has 86 valence electrons. The van der Waals surface area contributed by atoms with Crippen LogP contribution in [0.25, 0.3) is 10.9 Å². The van der Waals surface area contributed by atoms with E-state index in [2.05, 4.69) is 35.1 Å². The largest absolute Gasteiger partial charge is 0.371 e. The lowest BCUT2D eigenvalue weighted by atomic mass is 10.1. The molecule has 3 heteroatoms. The minimum Gasteiger partial charge on any atom is -0.371 e. The van der Waals surface area contributed by atoms with Crippen molar-refractivity contribution in [1.82, 2.24) is 4.98 Å². The smallest absolute Gasteiger partial charge is 0.0621 e. The van der Waals surface area contributed by atoms with Gasteiger partial charge in [-0.15, -0.1) is 0 Å². The lowest BCUT2D eigenvalue weighted by Crippen LogP contribution is -2.43. The second-order valence-electron chi connectivity index (χ2n) is 5.06. The molecule has 16 heavy (non-hydrogen) atoms. The van der Waals surface area contributed by atoms with Crippen molar-refractivity contribution in [1.29, 1.82) is 0 Å². The summed E-state index contributed by atoms with van der Waals surface area (Å²) in [5.74, 6) is 0. The molecule has 2 rings (SSSR count). The van der Waals surface area contributed by atoms with Gasteiger partial charge in [0.2, 0.25) is 0 Å². The Morgan fingerprint density at radius 3 is 2.69 bits per heavy atom. The van der Waals surface area contributed by atoms with E-state index in [1.807, 2.05) is 26.1 Å². The van der Waals surface area contributed by atoms with Crippen molar-refractivity contribution < 1.29 is 0 Å². The molecule has 1 heterocycles. The first-order valence-corrected chi connectivity index (χ1v) is 5.53. The Morgan fingerprint density at radius 1 is 1.31 bits per heavy atom. The number of hydrogen-bond acceptors (Lipinski definition) is 2. The van der Waals surface area contributed by atoms with Crippen LogP contribution in [0.3, 0.4) is 0 Å². The van der Waals surface area contributed by atoms with Gasteiger partial charge < -0.3 is 15.6 Å². The Bertz CT molecular complexity index is 479. The Balaban J connectivity index is 2.33. The molecule has 1 aromatic heterocycles. The van der Waals surface area contributed by atoms with Crippen molar-refractivity contribution in [3.8, 4) is 0 Å². The number of hydrogen-bond donors (Lipinski definition) is 2. The predicted molar refractivity (Wildman–Crippen MR) is 69.8 cm³/mol. The molecule has 0 aliphatic rings. The van der Waals surface area contributed by atoms with Crippen LogP contribution >= 0.6 is 0 Å². The van der Waals surface area contributed by atoms with Crippen molar-refractivity contribution >= 4 is 16.6 Å². The van der Waals surface area contributed by atoms with E-state index in [4.69, 9.17) is 5.73 Å². The Kier molecular flexibility index (Phi) is 2.64. The lowest BCUT2D eigenvalue weighted by molar-refractivity contribution is 0.519. The SMILES string of the molecule is CN(CC(C)(C)N)c1c[nH]c2ccccc12. The molecule has 3 nitrogen and oxygen atoms in total. The first-order chi connectivity index (χ1) is 7.47. The molecule has 0 saturated carbocycles. The summed E-state index contributed by atoms with van der Waals surface area (Å²) in [6, 6.07) is 8.30. The third kappa shape index (κ3) is 2.19. The fraction of sp³-hybridized carbons (Fsp3) is 0.385. The molecule has 0 amide bonds. The second-order valence-corrected chi connectivity index (χ2v) is 5.06. The van der Waals surface area contributed by atoms with Crippen LogP contribution in [0.15, 0.2) is 30.5 Å². The summed E-state index contributed by atoms with van der Waals surface area (Å²) < 4.78 is 0. The van der Waals surface area contributed by atoms with Crippen molar-refractivity contribution in [2.24, 2.45) is 5.73 Å². The molecule has 0 bridgehead atoms. The Labute approximate surface area is 96.2 Å². The number of aromatic amines is 1. The molecule has 0 atom stereocenters. The Morgan fingerprint density at radius 2 is 2.00 bits per heavy atom. The number of nitrogens with two attached hydrogens (primary N) is 1. The molecule has 0 aliphatic heterocycles. The van der Waals surface area contributed by atoms with Crippen molar-refractivity contribution in [3.63, 3.8) is 0 Å². The van der Waals surface area contributed by atoms with E-state index < -0.39 is 0 Å². The van der Waals surface area contributed by atoms with Gasteiger partial charge >= 0.3 is 0 Å². The summed E-state index contributed by atoms with van der Waals surface area (Å²) in [6.07, 6.45) is 2.04. The van der Waals surface area contributed by atoms with Gasteiger partial charge in [-0.1, -0.05) is 18.2 Å². The molecule has 0 aliphatic carbocycles. The van der Waals surface area contributed by atoms with Crippen LogP contribution in [0.1, 0.15) is 13.8 Å². The van der Waals surface area contributed by atoms with Gasteiger partial charge in [-0.2, -0.15) is 0 Å². The van der Waals surface area contributed by atoms with E-state index >= 15 is 0 Å². The van der Waals surface area contributed by atoms with Crippen LogP contribution in [-0.4, -0.2) is 24.1 Å². The number of rotatable bonds is 3. The number of nitrogens with one attached hydrogen (secondary N) is 1. The molecule has 1 aromatic carbocycles. The van der Waals surface area contributed by atoms with Crippen LogP contribution in [0.5, 0.6) is 0 Å². The lowest BCUT2D eigenvalue weighted by Gasteiger charge is -2.27. The minimum absolute atomic E-state index is 0.187. The summed E-state index contributed by atoms with van der Waals surface area (Å²) in [4.78, 5) is 5.47. The summed E-state index contributed by atoms with van der Waals surface area (Å²) >= 11 is 0. The number of anilines is 1. The van der Waals surface area contributed by atoms with Gasteiger partial charge in [-0.05, 0) is 19.9 Å². The van der Waals surface area contributed by atoms with Crippen LogP contribution < -0.4 is 10.6 Å². The molecule has 0 saturated heterocycles. The first-order valence-electron chi connectivity index (χ1n) is 5.53. The third-order valence-electron chi connectivity index (χ3n) is 2.62. The van der Waals surface area contributed by atoms with Crippen LogP contribution in [0.4, 0.5) is 5.69 Å². The summed E-state index contributed by atoms with van der Waals surface area (Å²) in [7, 11) is 2.07. The van der Waals surface area contributed by atoms with Gasteiger partial charge in [0.05, 0.1) is 5.69 Å². The number of aromatic nitrogens is 1. The van der Waals surface area contributed by atoms with Gasteiger partial charge in [-0.25, -0.2) is 0 Å². The highest BCUT2D eigenvalue weighted by molar-refractivity contribution is 5.92. The topological polar surface area (TPSA) is 45.0 Å².